The molecule has 6 heteroatoms. The molecule has 0 saturated carbocycles. The Hall–Kier alpha value is -2.92. The summed E-state index contributed by atoms with van der Waals surface area (Å²) in [5.41, 5.74) is 3.36. The average molecular weight is 351 g/mol. The first-order chi connectivity index (χ1) is 12.2. The van der Waals surface area contributed by atoms with E-state index in [4.69, 9.17) is 11.6 Å². The fourth-order valence-corrected chi connectivity index (χ4v) is 3.01. The lowest BCUT2D eigenvalue weighted by Crippen LogP contribution is -2.24. The molecule has 4 rings (SSSR count). The van der Waals surface area contributed by atoms with Crippen molar-refractivity contribution in [3.05, 3.63) is 77.3 Å². The molecule has 3 heterocycles. The number of hydrogen-bond acceptors (Lipinski definition) is 3. The molecule has 3 aromatic heterocycles. The number of nitrogens with zero attached hydrogens (tertiary/aromatic N) is 3. The van der Waals surface area contributed by atoms with Crippen LogP contribution in [0.15, 0.2) is 61.1 Å². The van der Waals surface area contributed by atoms with Gasteiger partial charge in [0.2, 0.25) is 5.91 Å². The summed E-state index contributed by atoms with van der Waals surface area (Å²) in [7, 11) is 0. The third-order valence-corrected chi connectivity index (χ3v) is 4.22. The van der Waals surface area contributed by atoms with Crippen LogP contribution >= 0.6 is 11.6 Å². The van der Waals surface area contributed by atoms with Crippen LogP contribution in [0.2, 0.25) is 5.02 Å². The maximum absolute atomic E-state index is 12.3. The van der Waals surface area contributed by atoms with Crippen LogP contribution in [0, 0.1) is 0 Å². The van der Waals surface area contributed by atoms with Gasteiger partial charge in [0.1, 0.15) is 5.65 Å². The molecule has 25 heavy (non-hydrogen) atoms. The number of imidazole rings is 1. The van der Waals surface area contributed by atoms with E-state index in [9.17, 15) is 4.79 Å². The number of aromatic nitrogens is 3. The fourth-order valence-electron chi connectivity index (χ4n) is 2.84. The van der Waals surface area contributed by atoms with Gasteiger partial charge in [-0.3, -0.25) is 9.78 Å². The van der Waals surface area contributed by atoms with Crippen LogP contribution in [0.5, 0.6) is 0 Å². The van der Waals surface area contributed by atoms with Crippen molar-refractivity contribution in [2.45, 2.75) is 13.0 Å². The van der Waals surface area contributed by atoms with Gasteiger partial charge in [0.15, 0.2) is 0 Å². The van der Waals surface area contributed by atoms with Crippen LogP contribution in [-0.4, -0.2) is 20.3 Å². The molecule has 0 unspecified atom stereocenters. The number of pyridine rings is 2. The number of carbonyl (C=O) groups is 1. The van der Waals surface area contributed by atoms with Crippen LogP contribution in [-0.2, 0) is 17.8 Å². The minimum absolute atomic E-state index is 0.0618. The second-order valence-corrected chi connectivity index (χ2v) is 6.23. The molecule has 1 aromatic carbocycles. The van der Waals surface area contributed by atoms with Crippen LogP contribution < -0.4 is 5.32 Å². The van der Waals surface area contributed by atoms with Crippen LogP contribution in [0.1, 0.15) is 11.3 Å². The Morgan fingerprint density at radius 1 is 1.12 bits per heavy atom. The number of rotatable bonds is 4. The number of nitrogens with one attached hydrogen (secondary N) is 1. The van der Waals surface area contributed by atoms with Gasteiger partial charge in [-0.1, -0.05) is 35.9 Å². The van der Waals surface area contributed by atoms with Gasteiger partial charge in [-0.2, -0.15) is 0 Å². The number of fused-ring (bicyclic) bond motifs is 2. The summed E-state index contributed by atoms with van der Waals surface area (Å²) in [5.74, 6) is -0.0618. The molecule has 0 bridgehead atoms. The number of amides is 1. The van der Waals surface area contributed by atoms with E-state index in [-0.39, 0.29) is 12.3 Å². The highest BCUT2D eigenvalue weighted by Gasteiger charge is 2.09. The van der Waals surface area contributed by atoms with E-state index in [1.165, 1.54) is 0 Å². The van der Waals surface area contributed by atoms with E-state index in [2.05, 4.69) is 15.3 Å². The Kier molecular flexibility index (Phi) is 4.07. The van der Waals surface area contributed by atoms with Gasteiger partial charge in [-0.05, 0) is 23.8 Å². The Labute approximate surface area is 149 Å². The van der Waals surface area contributed by atoms with Crippen molar-refractivity contribution in [1.82, 2.24) is 19.7 Å². The minimum atomic E-state index is -0.0618. The summed E-state index contributed by atoms with van der Waals surface area (Å²) in [6.07, 6.45) is 5.68. The zero-order chi connectivity index (χ0) is 17.2. The van der Waals surface area contributed by atoms with Crippen molar-refractivity contribution >= 4 is 34.1 Å². The summed E-state index contributed by atoms with van der Waals surface area (Å²) < 4.78 is 1.85. The summed E-state index contributed by atoms with van der Waals surface area (Å²) >= 11 is 5.97. The highest BCUT2D eigenvalue weighted by molar-refractivity contribution is 6.30. The number of hydrogen-bond donors (Lipinski definition) is 1. The summed E-state index contributed by atoms with van der Waals surface area (Å²) in [4.78, 5) is 21.1. The molecule has 5 nitrogen and oxygen atoms in total. The quantitative estimate of drug-likeness (QED) is 0.613. The first-order valence-corrected chi connectivity index (χ1v) is 8.29. The van der Waals surface area contributed by atoms with Gasteiger partial charge in [-0.15, -0.1) is 0 Å². The molecule has 0 aliphatic heterocycles. The highest BCUT2D eigenvalue weighted by atomic mass is 35.5. The molecule has 0 saturated heterocycles. The molecule has 4 aromatic rings. The summed E-state index contributed by atoms with van der Waals surface area (Å²) in [6, 6.07) is 13.4. The number of para-hydroxylation sites is 1. The fraction of sp³-hybridized carbons (Fsp3) is 0.105. The lowest BCUT2D eigenvalue weighted by molar-refractivity contribution is -0.120. The number of halogens is 1. The normalized spacial score (nSPS) is 11.1. The third-order valence-electron chi connectivity index (χ3n) is 4.00. The van der Waals surface area contributed by atoms with E-state index in [1.807, 2.05) is 47.0 Å². The highest BCUT2D eigenvalue weighted by Crippen LogP contribution is 2.16. The molecule has 0 atom stereocenters. The molecule has 0 aliphatic carbocycles. The zero-order valence-corrected chi connectivity index (χ0v) is 14.1. The molecular formula is C19H15ClN4O. The smallest absolute Gasteiger partial charge is 0.224 e. The van der Waals surface area contributed by atoms with Crippen molar-refractivity contribution in [2.75, 3.05) is 0 Å². The van der Waals surface area contributed by atoms with Crippen molar-refractivity contribution in [1.29, 1.82) is 0 Å². The maximum atomic E-state index is 12.3. The molecule has 0 spiro atoms. The minimum Gasteiger partial charge on any atom is -0.350 e. The van der Waals surface area contributed by atoms with Crippen LogP contribution in [0.25, 0.3) is 16.6 Å². The Bertz CT molecular complexity index is 1070. The first kappa shape index (κ1) is 15.6. The van der Waals surface area contributed by atoms with Crippen molar-refractivity contribution < 1.29 is 4.79 Å². The Balaban J connectivity index is 1.46. The molecular weight excluding hydrogens is 336 g/mol. The predicted octanol–water partition coefficient (Wildman–Crippen LogP) is 3.39. The zero-order valence-electron chi connectivity index (χ0n) is 13.3. The van der Waals surface area contributed by atoms with Crippen LogP contribution in [0.4, 0.5) is 0 Å². The maximum Gasteiger partial charge on any atom is 0.224 e. The van der Waals surface area contributed by atoms with Gasteiger partial charge in [0, 0.05) is 24.0 Å². The predicted molar refractivity (Wildman–Crippen MR) is 97.5 cm³/mol. The van der Waals surface area contributed by atoms with Crippen LogP contribution in [0.3, 0.4) is 0 Å². The average Bonchev–Trinajstić information content (AvgIpc) is 3.02. The van der Waals surface area contributed by atoms with Crippen molar-refractivity contribution in [3.8, 4) is 0 Å². The van der Waals surface area contributed by atoms with Gasteiger partial charge in [0.05, 0.1) is 29.2 Å². The number of benzene rings is 1. The standard InChI is InChI=1S/C19H15ClN4O/c20-15-6-7-17-23-16(12-24(17)11-15)10-22-18(25)9-14-4-1-3-13-5-2-8-21-19(13)14/h1-8,11-12H,9-10H2,(H,22,25). The van der Waals surface area contributed by atoms with Crippen molar-refractivity contribution in [2.24, 2.45) is 0 Å². The number of carbonyl (C=O) groups excluding carboxylic acids is 1. The van der Waals surface area contributed by atoms with Gasteiger partial charge < -0.3 is 9.72 Å². The third kappa shape index (κ3) is 3.32. The van der Waals surface area contributed by atoms with E-state index in [0.717, 1.165) is 27.8 Å². The molecule has 1 N–H and O–H groups in total. The summed E-state index contributed by atoms with van der Waals surface area (Å²) in [6.45, 7) is 0.371. The molecule has 0 radical (unpaired) electrons. The molecule has 124 valence electrons. The molecule has 0 aliphatic rings. The Morgan fingerprint density at radius 3 is 2.92 bits per heavy atom. The van der Waals surface area contributed by atoms with Crippen molar-refractivity contribution in [3.63, 3.8) is 0 Å². The second-order valence-electron chi connectivity index (χ2n) is 5.79. The molecule has 0 fully saturated rings. The SMILES string of the molecule is O=C(Cc1cccc2cccnc12)NCc1cn2cc(Cl)ccc2n1. The lowest BCUT2D eigenvalue weighted by atomic mass is 10.1. The Morgan fingerprint density at radius 2 is 2.00 bits per heavy atom. The first-order valence-electron chi connectivity index (χ1n) is 7.91. The van der Waals surface area contributed by atoms with E-state index >= 15 is 0 Å². The van der Waals surface area contributed by atoms with E-state index < -0.39 is 0 Å². The second kappa shape index (κ2) is 6.53. The van der Waals surface area contributed by atoms with E-state index in [0.29, 0.717) is 11.6 Å². The van der Waals surface area contributed by atoms with E-state index in [1.54, 1.807) is 18.5 Å². The molecule has 1 amide bonds. The van der Waals surface area contributed by atoms with Gasteiger partial charge in [0.25, 0.3) is 0 Å². The van der Waals surface area contributed by atoms with Gasteiger partial charge >= 0.3 is 0 Å². The largest absolute Gasteiger partial charge is 0.350 e. The lowest BCUT2D eigenvalue weighted by Gasteiger charge is -2.06. The topological polar surface area (TPSA) is 59.3 Å². The van der Waals surface area contributed by atoms with Gasteiger partial charge in [-0.25, -0.2) is 4.98 Å². The monoisotopic (exact) mass is 350 g/mol. The summed E-state index contributed by atoms with van der Waals surface area (Å²) in [5, 5.41) is 4.59.